The molecule has 5 nitrogen and oxygen atoms in total. The van der Waals surface area contributed by atoms with Crippen molar-refractivity contribution in [3.8, 4) is 11.5 Å². The maximum Gasteiger partial charge on any atom is 0.236 e. The number of carbonyl (C=O) groups excluding carboxylic acids is 1. The Morgan fingerprint density at radius 3 is 2.30 bits per heavy atom. The Morgan fingerprint density at radius 1 is 1.20 bits per heavy atom. The lowest BCUT2D eigenvalue weighted by Crippen LogP contribution is -2.42. The van der Waals surface area contributed by atoms with Crippen LogP contribution in [0.25, 0.3) is 0 Å². The molecule has 112 valence electrons. The highest BCUT2D eigenvalue weighted by Crippen LogP contribution is 2.22. The number of hydrogen-bond acceptors (Lipinski definition) is 4. The van der Waals surface area contributed by atoms with Crippen LogP contribution < -0.4 is 20.1 Å². The van der Waals surface area contributed by atoms with E-state index in [2.05, 4.69) is 10.6 Å². The van der Waals surface area contributed by atoms with Crippen LogP contribution in [0.4, 0.5) is 0 Å². The Labute approximate surface area is 120 Å². The first kappa shape index (κ1) is 16.3. The third-order valence-corrected chi connectivity index (χ3v) is 2.97. The number of rotatable bonds is 8. The molecule has 0 aliphatic rings. The summed E-state index contributed by atoms with van der Waals surface area (Å²) in [6.07, 6.45) is 0.936. The molecule has 0 heterocycles. The average Bonchev–Trinajstić information content (AvgIpc) is 2.49. The number of ether oxygens (including phenoxy) is 2. The van der Waals surface area contributed by atoms with Gasteiger partial charge in [0.15, 0.2) is 0 Å². The lowest BCUT2D eigenvalue weighted by atomic mass is 10.2. The van der Waals surface area contributed by atoms with Gasteiger partial charge in [-0.05, 0) is 31.0 Å². The standard InChI is InChI=1S/C15H24N2O3/c1-5-6-16-15(18)11(2)17-10-12-7-13(19-3)9-14(8-12)20-4/h7-9,11,17H,5-6,10H2,1-4H3,(H,16,18). The van der Waals surface area contributed by atoms with Gasteiger partial charge < -0.3 is 20.1 Å². The van der Waals surface area contributed by atoms with E-state index in [4.69, 9.17) is 9.47 Å². The second-order valence-corrected chi connectivity index (χ2v) is 4.61. The zero-order chi connectivity index (χ0) is 15.0. The van der Waals surface area contributed by atoms with E-state index in [1.807, 2.05) is 32.0 Å². The quantitative estimate of drug-likeness (QED) is 0.761. The largest absolute Gasteiger partial charge is 0.497 e. The molecular weight excluding hydrogens is 256 g/mol. The molecule has 0 radical (unpaired) electrons. The van der Waals surface area contributed by atoms with Gasteiger partial charge in [-0.2, -0.15) is 0 Å². The minimum atomic E-state index is -0.237. The Bertz CT molecular complexity index is 413. The van der Waals surface area contributed by atoms with E-state index >= 15 is 0 Å². The molecule has 5 heteroatoms. The first-order chi connectivity index (χ1) is 9.60. The van der Waals surface area contributed by atoms with Crippen LogP contribution in [-0.2, 0) is 11.3 Å². The van der Waals surface area contributed by atoms with Gasteiger partial charge in [0.1, 0.15) is 11.5 Å². The van der Waals surface area contributed by atoms with Crippen LogP contribution in [0.5, 0.6) is 11.5 Å². The number of nitrogens with one attached hydrogen (secondary N) is 2. The van der Waals surface area contributed by atoms with Crippen molar-refractivity contribution in [1.29, 1.82) is 0 Å². The highest BCUT2D eigenvalue weighted by molar-refractivity contribution is 5.81. The molecular formula is C15H24N2O3. The monoisotopic (exact) mass is 280 g/mol. The van der Waals surface area contributed by atoms with E-state index in [1.54, 1.807) is 14.2 Å². The molecule has 1 atom stereocenters. The normalized spacial score (nSPS) is 11.8. The number of carbonyl (C=O) groups is 1. The van der Waals surface area contributed by atoms with Crippen LogP contribution in [0, 0.1) is 0 Å². The molecule has 0 saturated carbocycles. The summed E-state index contributed by atoms with van der Waals surface area (Å²) in [6.45, 7) is 5.16. The van der Waals surface area contributed by atoms with E-state index < -0.39 is 0 Å². The third-order valence-electron chi connectivity index (χ3n) is 2.97. The maximum atomic E-state index is 11.7. The number of methoxy groups -OCH3 is 2. The molecule has 0 aliphatic carbocycles. The topological polar surface area (TPSA) is 59.6 Å². The number of benzene rings is 1. The maximum absolute atomic E-state index is 11.7. The summed E-state index contributed by atoms with van der Waals surface area (Å²) < 4.78 is 10.4. The van der Waals surface area contributed by atoms with E-state index in [-0.39, 0.29) is 11.9 Å². The van der Waals surface area contributed by atoms with Crippen LogP contribution in [0.15, 0.2) is 18.2 Å². The Balaban J connectivity index is 2.58. The molecule has 0 aliphatic heterocycles. The minimum Gasteiger partial charge on any atom is -0.497 e. The molecule has 0 bridgehead atoms. The fourth-order valence-electron chi connectivity index (χ4n) is 1.73. The molecule has 1 aromatic rings. The predicted octanol–water partition coefficient (Wildman–Crippen LogP) is 1.71. The molecule has 0 fully saturated rings. The SMILES string of the molecule is CCCNC(=O)C(C)NCc1cc(OC)cc(OC)c1. The van der Waals surface area contributed by atoms with E-state index in [1.165, 1.54) is 0 Å². The third kappa shape index (κ3) is 5.09. The molecule has 20 heavy (non-hydrogen) atoms. The molecule has 1 unspecified atom stereocenters. The van der Waals surface area contributed by atoms with Gasteiger partial charge >= 0.3 is 0 Å². The fourth-order valence-corrected chi connectivity index (χ4v) is 1.73. The van der Waals surface area contributed by atoms with Gasteiger partial charge in [0.2, 0.25) is 5.91 Å². The smallest absolute Gasteiger partial charge is 0.236 e. The van der Waals surface area contributed by atoms with Gasteiger partial charge in [0.05, 0.1) is 20.3 Å². The Kier molecular flexibility index (Phi) is 6.87. The summed E-state index contributed by atoms with van der Waals surface area (Å²) in [7, 11) is 3.24. The van der Waals surface area contributed by atoms with Crippen molar-refractivity contribution in [2.45, 2.75) is 32.9 Å². The second-order valence-electron chi connectivity index (χ2n) is 4.61. The Morgan fingerprint density at radius 2 is 1.80 bits per heavy atom. The van der Waals surface area contributed by atoms with Gasteiger partial charge in [-0.15, -0.1) is 0 Å². The zero-order valence-electron chi connectivity index (χ0n) is 12.7. The van der Waals surface area contributed by atoms with Crippen LogP contribution in [-0.4, -0.2) is 32.7 Å². The molecule has 0 aromatic heterocycles. The lowest BCUT2D eigenvalue weighted by Gasteiger charge is -2.14. The summed E-state index contributed by atoms with van der Waals surface area (Å²) in [5, 5.41) is 6.05. The Hall–Kier alpha value is -1.75. The molecule has 0 spiro atoms. The van der Waals surface area contributed by atoms with Crippen molar-refractivity contribution in [1.82, 2.24) is 10.6 Å². The zero-order valence-corrected chi connectivity index (χ0v) is 12.7. The van der Waals surface area contributed by atoms with Crippen molar-refractivity contribution in [3.63, 3.8) is 0 Å². The fraction of sp³-hybridized carbons (Fsp3) is 0.533. The highest BCUT2D eigenvalue weighted by atomic mass is 16.5. The summed E-state index contributed by atoms with van der Waals surface area (Å²) in [5.41, 5.74) is 1.01. The van der Waals surface area contributed by atoms with Gasteiger partial charge in [-0.1, -0.05) is 6.92 Å². The molecule has 2 N–H and O–H groups in total. The summed E-state index contributed by atoms with van der Waals surface area (Å²) >= 11 is 0. The predicted molar refractivity (Wildman–Crippen MR) is 79.1 cm³/mol. The van der Waals surface area contributed by atoms with Crippen molar-refractivity contribution in [2.24, 2.45) is 0 Å². The van der Waals surface area contributed by atoms with Gasteiger partial charge in [-0.25, -0.2) is 0 Å². The van der Waals surface area contributed by atoms with Gasteiger partial charge in [0, 0.05) is 19.2 Å². The lowest BCUT2D eigenvalue weighted by molar-refractivity contribution is -0.122. The van der Waals surface area contributed by atoms with Crippen molar-refractivity contribution >= 4 is 5.91 Å². The summed E-state index contributed by atoms with van der Waals surface area (Å²) in [6, 6.07) is 5.43. The van der Waals surface area contributed by atoms with Crippen LogP contribution in [0.2, 0.25) is 0 Å². The van der Waals surface area contributed by atoms with E-state index in [0.717, 1.165) is 23.5 Å². The highest BCUT2D eigenvalue weighted by Gasteiger charge is 2.11. The van der Waals surface area contributed by atoms with Crippen molar-refractivity contribution in [2.75, 3.05) is 20.8 Å². The van der Waals surface area contributed by atoms with E-state index in [0.29, 0.717) is 13.1 Å². The van der Waals surface area contributed by atoms with Crippen LogP contribution >= 0.6 is 0 Å². The van der Waals surface area contributed by atoms with Crippen molar-refractivity contribution < 1.29 is 14.3 Å². The summed E-state index contributed by atoms with van der Waals surface area (Å²) in [5.74, 6) is 1.50. The average molecular weight is 280 g/mol. The summed E-state index contributed by atoms with van der Waals surface area (Å²) in [4.78, 5) is 11.7. The first-order valence-corrected chi connectivity index (χ1v) is 6.83. The number of amides is 1. The van der Waals surface area contributed by atoms with E-state index in [9.17, 15) is 4.79 Å². The van der Waals surface area contributed by atoms with Crippen LogP contribution in [0.3, 0.4) is 0 Å². The first-order valence-electron chi connectivity index (χ1n) is 6.83. The molecule has 0 saturated heterocycles. The van der Waals surface area contributed by atoms with Gasteiger partial charge in [0.25, 0.3) is 0 Å². The van der Waals surface area contributed by atoms with Crippen LogP contribution in [0.1, 0.15) is 25.8 Å². The minimum absolute atomic E-state index is 0.0155. The molecule has 1 amide bonds. The molecule has 1 aromatic carbocycles. The van der Waals surface area contributed by atoms with Gasteiger partial charge in [-0.3, -0.25) is 4.79 Å². The molecule has 1 rings (SSSR count). The van der Waals surface area contributed by atoms with Crippen molar-refractivity contribution in [3.05, 3.63) is 23.8 Å². The number of hydrogen-bond donors (Lipinski definition) is 2. The second kappa shape index (κ2) is 8.43.